The van der Waals surface area contributed by atoms with E-state index < -0.39 is 47.2 Å². The average molecular weight is 447 g/mol. The minimum atomic E-state index is -4.69. The topological polar surface area (TPSA) is 97.6 Å². The normalized spacial score (nSPS) is 12.4. The molecule has 0 aliphatic heterocycles. The molecule has 1 heterocycles. The molecule has 11 heteroatoms. The maximum Gasteiger partial charge on any atom is 0.417 e. The van der Waals surface area contributed by atoms with Gasteiger partial charge in [0.25, 0.3) is 11.8 Å². The first-order chi connectivity index (χ1) is 14.0. The summed E-state index contributed by atoms with van der Waals surface area (Å²) in [6, 6.07) is 4.68. The fraction of sp³-hybridized carbons (Fsp3) is 0.316. The summed E-state index contributed by atoms with van der Waals surface area (Å²) in [7, 11) is 0. The number of amides is 2. The molecule has 1 atom stereocenters. The number of nitrogens with one attached hydrogen (secondary N) is 2. The molecule has 0 saturated heterocycles. The SMILES string of the molecule is CC(C)[C@H](NC(=O)c1ccco1)C(=O)OCC(=O)Nc1ccc(Cl)c(C(F)(F)F)c1. The second-order valence-corrected chi connectivity index (χ2v) is 6.93. The van der Waals surface area contributed by atoms with Crippen LogP contribution in [-0.4, -0.2) is 30.4 Å². The van der Waals surface area contributed by atoms with Gasteiger partial charge in [-0.2, -0.15) is 13.2 Å². The van der Waals surface area contributed by atoms with Crippen molar-refractivity contribution in [3.8, 4) is 0 Å². The molecule has 0 saturated carbocycles. The van der Waals surface area contributed by atoms with Crippen molar-refractivity contribution < 1.29 is 36.7 Å². The first-order valence-electron chi connectivity index (χ1n) is 8.66. The van der Waals surface area contributed by atoms with Crippen LogP contribution in [0.5, 0.6) is 0 Å². The smallest absolute Gasteiger partial charge is 0.417 e. The lowest BCUT2D eigenvalue weighted by molar-refractivity contribution is -0.150. The Hall–Kier alpha value is -3.01. The number of carbonyl (C=O) groups excluding carboxylic acids is 3. The second-order valence-electron chi connectivity index (χ2n) is 6.52. The van der Waals surface area contributed by atoms with Gasteiger partial charge in [-0.05, 0) is 36.2 Å². The van der Waals surface area contributed by atoms with Gasteiger partial charge in [0.05, 0.1) is 16.8 Å². The predicted octanol–water partition coefficient (Wildman–Crippen LogP) is 3.89. The number of esters is 1. The van der Waals surface area contributed by atoms with E-state index in [9.17, 15) is 27.6 Å². The van der Waals surface area contributed by atoms with Crippen molar-refractivity contribution in [1.82, 2.24) is 5.32 Å². The Kier molecular flexibility index (Phi) is 7.49. The second kappa shape index (κ2) is 9.66. The van der Waals surface area contributed by atoms with Crippen LogP contribution in [0.1, 0.15) is 30.0 Å². The monoisotopic (exact) mass is 446 g/mol. The third-order valence-electron chi connectivity index (χ3n) is 3.85. The first kappa shape index (κ1) is 23.3. The van der Waals surface area contributed by atoms with Crippen molar-refractivity contribution in [1.29, 1.82) is 0 Å². The van der Waals surface area contributed by atoms with E-state index >= 15 is 0 Å². The number of rotatable bonds is 7. The highest BCUT2D eigenvalue weighted by Crippen LogP contribution is 2.36. The molecule has 7 nitrogen and oxygen atoms in total. The van der Waals surface area contributed by atoms with Crippen LogP contribution in [0.2, 0.25) is 5.02 Å². The molecule has 0 aliphatic rings. The molecule has 30 heavy (non-hydrogen) atoms. The van der Waals surface area contributed by atoms with Crippen LogP contribution in [0.4, 0.5) is 18.9 Å². The number of halogens is 4. The highest BCUT2D eigenvalue weighted by Gasteiger charge is 2.33. The minimum Gasteiger partial charge on any atom is -0.459 e. The zero-order valence-electron chi connectivity index (χ0n) is 15.9. The number of furan rings is 1. The number of hydrogen-bond acceptors (Lipinski definition) is 5. The van der Waals surface area contributed by atoms with E-state index in [0.717, 1.165) is 6.07 Å². The molecule has 0 radical (unpaired) electrons. The number of alkyl halides is 3. The molecule has 0 spiro atoms. The average Bonchev–Trinajstić information content (AvgIpc) is 3.19. The lowest BCUT2D eigenvalue weighted by atomic mass is 10.0. The summed E-state index contributed by atoms with van der Waals surface area (Å²) < 4.78 is 48.5. The van der Waals surface area contributed by atoms with E-state index in [2.05, 4.69) is 10.6 Å². The minimum absolute atomic E-state index is 0.00518. The van der Waals surface area contributed by atoms with E-state index in [1.807, 2.05) is 0 Å². The van der Waals surface area contributed by atoms with Crippen molar-refractivity contribution in [2.24, 2.45) is 5.92 Å². The fourth-order valence-corrected chi connectivity index (χ4v) is 2.59. The molecule has 162 valence electrons. The molecule has 2 aromatic rings. The van der Waals surface area contributed by atoms with Gasteiger partial charge in [0.15, 0.2) is 12.4 Å². The van der Waals surface area contributed by atoms with E-state index in [-0.39, 0.29) is 17.4 Å². The van der Waals surface area contributed by atoms with Crippen LogP contribution in [-0.2, 0) is 20.5 Å². The number of hydrogen-bond donors (Lipinski definition) is 2. The van der Waals surface area contributed by atoms with Gasteiger partial charge in [0, 0.05) is 5.69 Å². The molecular formula is C19H18ClF3N2O5. The molecule has 2 amide bonds. The molecule has 0 aliphatic carbocycles. The maximum absolute atomic E-state index is 12.9. The van der Waals surface area contributed by atoms with E-state index in [1.165, 1.54) is 24.5 Å². The fourth-order valence-electron chi connectivity index (χ4n) is 2.36. The van der Waals surface area contributed by atoms with Gasteiger partial charge in [0.1, 0.15) is 6.04 Å². The molecule has 0 bridgehead atoms. The predicted molar refractivity (Wildman–Crippen MR) is 101 cm³/mol. The molecule has 0 fully saturated rings. The van der Waals surface area contributed by atoms with E-state index in [4.69, 9.17) is 20.8 Å². The Morgan fingerprint density at radius 3 is 2.47 bits per heavy atom. The van der Waals surface area contributed by atoms with Crippen LogP contribution in [0, 0.1) is 5.92 Å². The summed E-state index contributed by atoms with van der Waals surface area (Å²) >= 11 is 5.52. The number of carbonyl (C=O) groups is 3. The van der Waals surface area contributed by atoms with Crippen molar-refractivity contribution >= 4 is 35.1 Å². The Bertz CT molecular complexity index is 913. The highest BCUT2D eigenvalue weighted by molar-refractivity contribution is 6.31. The van der Waals surface area contributed by atoms with Crippen LogP contribution < -0.4 is 10.6 Å². The van der Waals surface area contributed by atoms with Crippen LogP contribution in [0.3, 0.4) is 0 Å². The number of ether oxygens (including phenoxy) is 1. The molecule has 1 aromatic heterocycles. The largest absolute Gasteiger partial charge is 0.459 e. The molecular weight excluding hydrogens is 429 g/mol. The summed E-state index contributed by atoms with van der Waals surface area (Å²) in [4.78, 5) is 36.3. The van der Waals surface area contributed by atoms with Gasteiger partial charge >= 0.3 is 12.1 Å². The maximum atomic E-state index is 12.9. The van der Waals surface area contributed by atoms with Gasteiger partial charge in [-0.25, -0.2) is 4.79 Å². The first-order valence-corrected chi connectivity index (χ1v) is 9.04. The lowest BCUT2D eigenvalue weighted by Gasteiger charge is -2.20. The summed E-state index contributed by atoms with van der Waals surface area (Å²) in [5.41, 5.74) is -1.28. The Balaban J connectivity index is 1.95. The summed E-state index contributed by atoms with van der Waals surface area (Å²) in [6.45, 7) is 2.55. The van der Waals surface area contributed by atoms with Crippen LogP contribution in [0.15, 0.2) is 41.0 Å². The van der Waals surface area contributed by atoms with E-state index in [0.29, 0.717) is 6.07 Å². The highest BCUT2D eigenvalue weighted by atomic mass is 35.5. The van der Waals surface area contributed by atoms with E-state index in [1.54, 1.807) is 13.8 Å². The van der Waals surface area contributed by atoms with Crippen molar-refractivity contribution in [3.05, 3.63) is 52.9 Å². The number of anilines is 1. The lowest BCUT2D eigenvalue weighted by Crippen LogP contribution is -2.45. The summed E-state index contributed by atoms with van der Waals surface area (Å²) in [6.07, 6.45) is -3.40. The molecule has 2 rings (SSSR count). The molecule has 1 aromatic carbocycles. The van der Waals surface area contributed by atoms with Crippen molar-refractivity contribution in [3.63, 3.8) is 0 Å². The van der Waals surface area contributed by atoms with Crippen molar-refractivity contribution in [2.45, 2.75) is 26.1 Å². The Morgan fingerprint density at radius 2 is 1.90 bits per heavy atom. The van der Waals surface area contributed by atoms with Crippen LogP contribution in [0.25, 0.3) is 0 Å². The molecule has 0 unspecified atom stereocenters. The summed E-state index contributed by atoms with van der Waals surface area (Å²) in [5.74, 6) is -2.76. The standard InChI is InChI=1S/C19H18ClF3N2O5/c1-10(2)16(25-17(27)14-4-3-7-29-14)18(28)30-9-15(26)24-11-5-6-13(20)12(8-11)19(21,22)23/h3-8,10,16H,9H2,1-2H3,(H,24,26)(H,25,27)/t16-/m0/s1. The zero-order chi connectivity index (χ0) is 22.5. The van der Waals surface area contributed by atoms with Gasteiger partial charge < -0.3 is 19.8 Å². The number of benzene rings is 1. The quantitative estimate of drug-likeness (QED) is 0.629. The Morgan fingerprint density at radius 1 is 1.20 bits per heavy atom. The molecule has 2 N–H and O–H groups in total. The third kappa shape index (κ3) is 6.24. The van der Waals surface area contributed by atoms with Gasteiger partial charge in [0.2, 0.25) is 0 Å². The zero-order valence-corrected chi connectivity index (χ0v) is 16.6. The van der Waals surface area contributed by atoms with Gasteiger partial charge in [-0.15, -0.1) is 0 Å². The third-order valence-corrected chi connectivity index (χ3v) is 4.18. The van der Waals surface area contributed by atoms with Gasteiger partial charge in [-0.3, -0.25) is 9.59 Å². The Labute approximate surface area is 174 Å². The van der Waals surface area contributed by atoms with Crippen molar-refractivity contribution in [2.75, 3.05) is 11.9 Å². The van der Waals surface area contributed by atoms with Gasteiger partial charge in [-0.1, -0.05) is 25.4 Å². The summed E-state index contributed by atoms with van der Waals surface area (Å²) in [5, 5.41) is 4.12. The van der Waals surface area contributed by atoms with Crippen LogP contribution >= 0.6 is 11.6 Å².